The van der Waals surface area contributed by atoms with Crippen molar-refractivity contribution >= 4 is 11.6 Å². The van der Waals surface area contributed by atoms with Gasteiger partial charge in [-0.1, -0.05) is 30.3 Å². The fourth-order valence-corrected chi connectivity index (χ4v) is 2.61. The van der Waals surface area contributed by atoms with Crippen molar-refractivity contribution in [2.24, 2.45) is 10.7 Å². The maximum Gasteiger partial charge on any atom is 0.193 e. The van der Waals surface area contributed by atoms with Crippen LogP contribution in [-0.4, -0.2) is 22.6 Å². The average Bonchev–Trinajstić information content (AvgIpc) is 3.13. The maximum absolute atomic E-state index is 5.98. The van der Waals surface area contributed by atoms with E-state index in [1.54, 1.807) is 13.3 Å². The molecule has 0 bridgehead atoms. The van der Waals surface area contributed by atoms with E-state index < -0.39 is 0 Å². The first-order valence-corrected chi connectivity index (χ1v) is 8.49. The van der Waals surface area contributed by atoms with Gasteiger partial charge in [0.2, 0.25) is 0 Å². The van der Waals surface area contributed by atoms with Crippen LogP contribution in [0.2, 0.25) is 0 Å². The molecule has 0 unspecified atom stereocenters. The van der Waals surface area contributed by atoms with Crippen LogP contribution in [0, 0.1) is 0 Å². The molecule has 0 atom stereocenters. The molecule has 3 rings (SSSR count). The summed E-state index contributed by atoms with van der Waals surface area (Å²) in [5, 5.41) is 3.07. The minimum atomic E-state index is 0.354. The fourth-order valence-electron chi connectivity index (χ4n) is 2.61. The third-order valence-corrected chi connectivity index (χ3v) is 4.04. The summed E-state index contributed by atoms with van der Waals surface area (Å²) < 4.78 is 7.25. The molecule has 0 aliphatic carbocycles. The van der Waals surface area contributed by atoms with Crippen LogP contribution in [0.15, 0.2) is 72.0 Å². The molecule has 3 N–H and O–H groups in total. The minimum absolute atomic E-state index is 0.354. The highest BCUT2D eigenvalue weighted by Gasteiger charge is 2.03. The molecule has 0 amide bonds. The summed E-state index contributed by atoms with van der Waals surface area (Å²) in [6, 6.07) is 17.9. The number of aliphatic imine (C=N–C) groups is 1. The standard InChI is InChI=1S/C20H23N5O/c1-26-18-9-7-17(8-10-18)24-20(21)23-15-19-22-12-14-25(19)13-11-16-5-3-2-4-6-16/h2-10,12,14H,11,13,15H2,1H3,(H3,21,23,24). The van der Waals surface area contributed by atoms with Crippen molar-refractivity contribution in [2.45, 2.75) is 19.5 Å². The first-order valence-electron chi connectivity index (χ1n) is 8.49. The zero-order chi connectivity index (χ0) is 18.2. The summed E-state index contributed by atoms with van der Waals surface area (Å²) in [5.74, 6) is 2.04. The molecule has 0 fully saturated rings. The monoisotopic (exact) mass is 349 g/mol. The van der Waals surface area contributed by atoms with Crippen LogP contribution in [0.4, 0.5) is 5.69 Å². The Bertz CT molecular complexity index is 840. The molecular weight excluding hydrogens is 326 g/mol. The van der Waals surface area contributed by atoms with Crippen LogP contribution in [0.1, 0.15) is 11.4 Å². The van der Waals surface area contributed by atoms with Gasteiger partial charge in [-0.2, -0.15) is 0 Å². The summed E-state index contributed by atoms with van der Waals surface area (Å²) in [4.78, 5) is 8.78. The van der Waals surface area contributed by atoms with Crippen molar-refractivity contribution in [1.82, 2.24) is 9.55 Å². The molecule has 3 aromatic rings. The molecule has 134 valence electrons. The van der Waals surface area contributed by atoms with Crippen LogP contribution in [0.5, 0.6) is 5.75 Å². The number of guanidine groups is 1. The highest BCUT2D eigenvalue weighted by atomic mass is 16.5. The van der Waals surface area contributed by atoms with Gasteiger partial charge in [0.05, 0.1) is 7.11 Å². The van der Waals surface area contributed by atoms with Crippen molar-refractivity contribution in [3.63, 3.8) is 0 Å². The summed E-state index contributed by atoms with van der Waals surface area (Å²) in [6.07, 6.45) is 4.72. The summed E-state index contributed by atoms with van der Waals surface area (Å²) >= 11 is 0. The van der Waals surface area contributed by atoms with Crippen molar-refractivity contribution in [3.05, 3.63) is 78.4 Å². The molecule has 26 heavy (non-hydrogen) atoms. The smallest absolute Gasteiger partial charge is 0.193 e. The van der Waals surface area contributed by atoms with E-state index in [1.807, 2.05) is 36.5 Å². The second kappa shape index (κ2) is 8.71. The van der Waals surface area contributed by atoms with Crippen LogP contribution in [0.3, 0.4) is 0 Å². The molecule has 0 spiro atoms. The first-order chi connectivity index (χ1) is 12.7. The fraction of sp³-hybridized carbons (Fsp3) is 0.200. The number of aromatic nitrogens is 2. The Morgan fingerprint density at radius 1 is 1.15 bits per heavy atom. The Kier molecular flexibility index (Phi) is 5.88. The molecule has 6 heteroatoms. The lowest BCUT2D eigenvalue weighted by molar-refractivity contribution is 0.415. The molecule has 6 nitrogen and oxygen atoms in total. The molecule has 0 radical (unpaired) electrons. The van der Waals surface area contributed by atoms with Crippen molar-refractivity contribution < 1.29 is 4.74 Å². The Balaban J connectivity index is 1.56. The maximum atomic E-state index is 5.98. The zero-order valence-corrected chi connectivity index (χ0v) is 14.8. The van der Waals surface area contributed by atoms with Gasteiger partial charge in [-0.05, 0) is 36.2 Å². The molecule has 1 heterocycles. The topological polar surface area (TPSA) is 77.5 Å². The van der Waals surface area contributed by atoms with Crippen LogP contribution < -0.4 is 15.8 Å². The lowest BCUT2D eigenvalue weighted by Crippen LogP contribution is -2.22. The highest BCUT2D eigenvalue weighted by Crippen LogP contribution is 2.14. The lowest BCUT2D eigenvalue weighted by Gasteiger charge is -2.08. The lowest BCUT2D eigenvalue weighted by atomic mass is 10.1. The molecule has 0 aliphatic heterocycles. The molecule has 2 aromatic carbocycles. The number of imidazole rings is 1. The number of nitrogens with zero attached hydrogens (tertiary/aromatic N) is 3. The van der Waals surface area contributed by atoms with E-state index in [4.69, 9.17) is 10.5 Å². The summed E-state index contributed by atoms with van der Waals surface area (Å²) in [5.41, 5.74) is 8.14. The van der Waals surface area contributed by atoms with E-state index in [1.165, 1.54) is 5.56 Å². The van der Waals surface area contributed by atoms with Crippen molar-refractivity contribution in [1.29, 1.82) is 0 Å². The number of hydrogen-bond donors (Lipinski definition) is 2. The SMILES string of the molecule is COc1ccc(NC(N)=NCc2nccn2CCc2ccccc2)cc1. The largest absolute Gasteiger partial charge is 0.497 e. The number of rotatable bonds is 7. The van der Waals surface area contributed by atoms with E-state index in [0.29, 0.717) is 12.5 Å². The number of aryl methyl sites for hydroxylation is 2. The Morgan fingerprint density at radius 3 is 2.65 bits per heavy atom. The Hall–Kier alpha value is -3.28. The Labute approximate surface area is 153 Å². The van der Waals surface area contributed by atoms with E-state index in [9.17, 15) is 0 Å². The second-order valence-electron chi connectivity index (χ2n) is 5.83. The second-order valence-corrected chi connectivity index (χ2v) is 5.83. The minimum Gasteiger partial charge on any atom is -0.497 e. The van der Waals surface area contributed by atoms with Crippen molar-refractivity contribution in [3.8, 4) is 5.75 Å². The van der Waals surface area contributed by atoms with Gasteiger partial charge < -0.3 is 20.4 Å². The third-order valence-electron chi connectivity index (χ3n) is 4.04. The number of nitrogens with one attached hydrogen (secondary N) is 1. The molecular formula is C20H23N5O. The van der Waals surface area contributed by atoms with Crippen LogP contribution >= 0.6 is 0 Å². The molecule has 0 saturated carbocycles. The van der Waals surface area contributed by atoms with Gasteiger partial charge in [0.25, 0.3) is 0 Å². The molecule has 1 aromatic heterocycles. The van der Waals surface area contributed by atoms with Gasteiger partial charge >= 0.3 is 0 Å². The van der Waals surface area contributed by atoms with E-state index in [0.717, 1.165) is 30.2 Å². The number of ether oxygens (including phenoxy) is 1. The number of anilines is 1. The first kappa shape index (κ1) is 17.5. The Morgan fingerprint density at radius 2 is 1.92 bits per heavy atom. The molecule has 0 aliphatic rings. The average molecular weight is 349 g/mol. The van der Waals surface area contributed by atoms with Crippen LogP contribution in [-0.2, 0) is 19.5 Å². The predicted molar refractivity (Wildman–Crippen MR) is 104 cm³/mol. The number of nitrogens with two attached hydrogens (primary N) is 1. The molecule has 0 saturated heterocycles. The van der Waals surface area contributed by atoms with E-state index in [-0.39, 0.29) is 0 Å². The van der Waals surface area contributed by atoms with Gasteiger partial charge in [0, 0.05) is 24.6 Å². The van der Waals surface area contributed by atoms with Crippen molar-refractivity contribution in [2.75, 3.05) is 12.4 Å². The van der Waals surface area contributed by atoms with Gasteiger partial charge in [-0.15, -0.1) is 0 Å². The number of methoxy groups -OCH3 is 1. The number of benzene rings is 2. The van der Waals surface area contributed by atoms with Gasteiger partial charge in [-0.3, -0.25) is 0 Å². The van der Waals surface area contributed by atoms with Crippen LogP contribution in [0.25, 0.3) is 0 Å². The van der Waals surface area contributed by atoms with Gasteiger partial charge in [0.1, 0.15) is 18.1 Å². The predicted octanol–water partition coefficient (Wildman–Crippen LogP) is 3.06. The normalized spacial score (nSPS) is 11.3. The third kappa shape index (κ3) is 4.86. The summed E-state index contributed by atoms with van der Waals surface area (Å²) in [6.45, 7) is 1.29. The quantitative estimate of drug-likeness (QED) is 0.508. The van der Waals surface area contributed by atoms with E-state index >= 15 is 0 Å². The zero-order valence-electron chi connectivity index (χ0n) is 14.8. The highest BCUT2D eigenvalue weighted by molar-refractivity contribution is 5.92. The van der Waals surface area contributed by atoms with E-state index in [2.05, 4.69) is 44.1 Å². The number of hydrogen-bond acceptors (Lipinski definition) is 3. The van der Waals surface area contributed by atoms with Gasteiger partial charge in [0.15, 0.2) is 5.96 Å². The summed E-state index contributed by atoms with van der Waals surface area (Å²) in [7, 11) is 1.64. The van der Waals surface area contributed by atoms with Gasteiger partial charge in [-0.25, -0.2) is 9.98 Å².